The van der Waals surface area contributed by atoms with Crippen LogP contribution in [0.5, 0.6) is 5.75 Å². The van der Waals surface area contributed by atoms with Crippen LogP contribution in [-0.2, 0) is 16.0 Å². The van der Waals surface area contributed by atoms with Crippen LogP contribution >= 0.6 is 0 Å². The fourth-order valence-electron chi connectivity index (χ4n) is 2.18. The molecule has 1 aliphatic rings. The Hall–Kier alpha value is -1.98. The minimum absolute atomic E-state index is 0.0281. The summed E-state index contributed by atoms with van der Waals surface area (Å²) < 4.78 is 5.97. The van der Waals surface area contributed by atoms with Crippen LogP contribution in [0.2, 0.25) is 0 Å². The summed E-state index contributed by atoms with van der Waals surface area (Å²) in [5, 5.41) is 12.5. The first-order valence-corrected chi connectivity index (χ1v) is 5.33. The number of nitrogens with one attached hydrogen (secondary N) is 1. The first kappa shape index (κ1) is 11.5. The summed E-state index contributed by atoms with van der Waals surface area (Å²) in [5.74, 6) is -0.432. The summed E-state index contributed by atoms with van der Waals surface area (Å²) in [5.41, 5.74) is 0.444. The van der Waals surface area contributed by atoms with Crippen molar-refractivity contribution in [2.45, 2.75) is 18.9 Å². The highest BCUT2D eigenvalue weighted by Gasteiger charge is 2.32. The van der Waals surface area contributed by atoms with Gasteiger partial charge in [-0.3, -0.25) is 9.36 Å². The lowest BCUT2D eigenvalue weighted by atomic mass is 10.2. The van der Waals surface area contributed by atoms with E-state index in [0.717, 1.165) is 0 Å². The van der Waals surface area contributed by atoms with E-state index in [0.29, 0.717) is 18.5 Å². The van der Waals surface area contributed by atoms with Gasteiger partial charge in [0, 0.05) is 13.1 Å². The van der Waals surface area contributed by atoms with Crippen molar-refractivity contribution in [2.75, 3.05) is 19.5 Å². The number of ether oxygens (including phenoxy) is 1. The first-order chi connectivity index (χ1) is 8.10. The Balaban J connectivity index is 2.61. The van der Waals surface area contributed by atoms with E-state index in [1.54, 1.807) is 7.05 Å². The molecule has 0 radical (unpaired) electrons. The molecule has 0 aromatic carbocycles. The minimum Gasteiger partial charge on any atom is -0.506 e. The molecule has 0 saturated heterocycles. The van der Waals surface area contributed by atoms with Crippen molar-refractivity contribution < 1.29 is 14.6 Å². The highest BCUT2D eigenvalue weighted by molar-refractivity contribution is 5.75. The number of rotatable bonds is 2. The van der Waals surface area contributed by atoms with E-state index in [-0.39, 0.29) is 17.0 Å². The Morgan fingerprint density at radius 1 is 1.65 bits per heavy atom. The topological polar surface area (TPSA) is 80.6 Å². The molecule has 1 atom stereocenters. The van der Waals surface area contributed by atoms with E-state index in [1.807, 2.05) is 0 Å². The number of carbonyl (C=O) groups is 1. The molecule has 2 heterocycles. The molecule has 0 bridgehead atoms. The average Bonchev–Trinajstić information content (AvgIpc) is 2.78. The maximum atomic E-state index is 12.1. The lowest BCUT2D eigenvalue weighted by Gasteiger charge is -2.14. The zero-order chi connectivity index (χ0) is 12.6. The standard InChI is InChI=1S/C11H14N2O4/c1-12-6-5-9(14)7-3-4-8(11(16)17-2)13(7)10(6)15/h5,8,12,14H,3-4H2,1-2H3. The average molecular weight is 238 g/mol. The Kier molecular flexibility index (Phi) is 2.79. The van der Waals surface area contributed by atoms with Crippen molar-refractivity contribution in [2.24, 2.45) is 0 Å². The van der Waals surface area contributed by atoms with Crippen molar-refractivity contribution in [3.8, 4) is 5.75 Å². The minimum atomic E-state index is -0.637. The number of hydrogen-bond acceptors (Lipinski definition) is 5. The van der Waals surface area contributed by atoms with Crippen LogP contribution in [-0.4, -0.2) is 29.8 Å². The van der Waals surface area contributed by atoms with Gasteiger partial charge in [-0.25, -0.2) is 4.79 Å². The highest BCUT2D eigenvalue weighted by Crippen LogP contribution is 2.31. The van der Waals surface area contributed by atoms with E-state index in [1.165, 1.54) is 17.7 Å². The predicted octanol–water partition coefficient (Wildman–Crippen LogP) is 0.256. The first-order valence-electron chi connectivity index (χ1n) is 5.33. The van der Waals surface area contributed by atoms with E-state index >= 15 is 0 Å². The van der Waals surface area contributed by atoms with Gasteiger partial charge in [0.05, 0.1) is 12.8 Å². The number of pyridine rings is 1. The third-order valence-electron chi connectivity index (χ3n) is 3.03. The largest absolute Gasteiger partial charge is 0.506 e. The van der Waals surface area contributed by atoms with E-state index < -0.39 is 12.0 Å². The molecule has 1 unspecified atom stereocenters. The molecule has 2 N–H and O–H groups in total. The van der Waals surface area contributed by atoms with E-state index in [2.05, 4.69) is 10.1 Å². The second-order valence-corrected chi connectivity index (χ2v) is 3.89. The maximum absolute atomic E-state index is 12.1. The second-order valence-electron chi connectivity index (χ2n) is 3.89. The molecule has 1 aliphatic heterocycles. The molecular formula is C11H14N2O4. The van der Waals surface area contributed by atoms with Crippen molar-refractivity contribution in [1.82, 2.24) is 4.57 Å². The number of aromatic nitrogens is 1. The normalized spacial score (nSPS) is 17.6. The molecular weight excluding hydrogens is 224 g/mol. The molecule has 2 rings (SSSR count). The number of aromatic hydroxyl groups is 1. The third-order valence-corrected chi connectivity index (χ3v) is 3.03. The molecule has 0 fully saturated rings. The van der Waals surface area contributed by atoms with Crippen LogP contribution in [0.15, 0.2) is 10.9 Å². The van der Waals surface area contributed by atoms with Gasteiger partial charge >= 0.3 is 5.97 Å². The summed E-state index contributed by atoms with van der Waals surface area (Å²) in [6.07, 6.45) is 0.966. The molecule has 6 heteroatoms. The number of fused-ring (bicyclic) bond motifs is 1. The van der Waals surface area contributed by atoms with Crippen LogP contribution in [0.3, 0.4) is 0 Å². The highest BCUT2D eigenvalue weighted by atomic mass is 16.5. The van der Waals surface area contributed by atoms with Crippen molar-refractivity contribution in [3.05, 3.63) is 22.1 Å². The van der Waals surface area contributed by atoms with Crippen LogP contribution in [0, 0.1) is 0 Å². The number of carbonyl (C=O) groups excluding carboxylic acids is 1. The molecule has 1 aromatic rings. The molecule has 0 saturated carbocycles. The molecule has 92 valence electrons. The number of hydrogen-bond donors (Lipinski definition) is 2. The van der Waals surface area contributed by atoms with Gasteiger partial charge in [0.2, 0.25) is 0 Å². The molecule has 6 nitrogen and oxygen atoms in total. The van der Waals surface area contributed by atoms with Crippen molar-refractivity contribution >= 4 is 11.7 Å². The number of nitrogens with zero attached hydrogens (tertiary/aromatic N) is 1. The Morgan fingerprint density at radius 2 is 2.35 bits per heavy atom. The van der Waals surface area contributed by atoms with Crippen LogP contribution in [0.25, 0.3) is 0 Å². The lowest BCUT2D eigenvalue weighted by molar-refractivity contribution is -0.144. The van der Waals surface area contributed by atoms with Crippen molar-refractivity contribution in [1.29, 1.82) is 0 Å². The Morgan fingerprint density at radius 3 is 2.94 bits per heavy atom. The Bertz CT molecular complexity index is 521. The van der Waals surface area contributed by atoms with Crippen LogP contribution in [0.1, 0.15) is 18.2 Å². The van der Waals surface area contributed by atoms with Gasteiger partial charge in [0.25, 0.3) is 5.56 Å². The molecule has 1 aromatic heterocycles. The van der Waals surface area contributed by atoms with Gasteiger partial charge in [-0.1, -0.05) is 0 Å². The van der Waals surface area contributed by atoms with Gasteiger partial charge in [-0.05, 0) is 12.8 Å². The summed E-state index contributed by atoms with van der Waals surface area (Å²) in [4.78, 5) is 23.6. The smallest absolute Gasteiger partial charge is 0.328 e. The summed E-state index contributed by atoms with van der Waals surface area (Å²) >= 11 is 0. The fourth-order valence-corrected chi connectivity index (χ4v) is 2.18. The molecule has 0 spiro atoms. The van der Waals surface area contributed by atoms with Gasteiger partial charge in [-0.2, -0.15) is 0 Å². The Labute approximate surface area is 97.8 Å². The molecule has 17 heavy (non-hydrogen) atoms. The second kappa shape index (κ2) is 4.12. The summed E-state index contributed by atoms with van der Waals surface area (Å²) in [7, 11) is 2.87. The quantitative estimate of drug-likeness (QED) is 0.722. The van der Waals surface area contributed by atoms with Gasteiger partial charge in [-0.15, -0.1) is 0 Å². The van der Waals surface area contributed by atoms with Crippen LogP contribution < -0.4 is 10.9 Å². The van der Waals surface area contributed by atoms with E-state index in [9.17, 15) is 14.7 Å². The monoisotopic (exact) mass is 238 g/mol. The number of anilines is 1. The SMILES string of the molecule is CNc1cc(O)c2n(c1=O)C(C(=O)OC)CC2. The zero-order valence-corrected chi connectivity index (χ0v) is 9.69. The third kappa shape index (κ3) is 1.65. The molecule has 0 aliphatic carbocycles. The number of methoxy groups -OCH3 is 1. The van der Waals surface area contributed by atoms with Gasteiger partial charge in [0.15, 0.2) is 0 Å². The predicted molar refractivity (Wildman–Crippen MR) is 61.3 cm³/mol. The fraction of sp³-hybridized carbons (Fsp3) is 0.455. The number of esters is 1. The van der Waals surface area contributed by atoms with E-state index in [4.69, 9.17) is 0 Å². The lowest BCUT2D eigenvalue weighted by Crippen LogP contribution is -2.29. The summed E-state index contributed by atoms with van der Waals surface area (Å²) in [6.45, 7) is 0. The van der Waals surface area contributed by atoms with Gasteiger partial charge < -0.3 is 15.2 Å². The molecule has 0 amide bonds. The summed E-state index contributed by atoms with van der Waals surface area (Å²) in [6, 6.07) is 0.745. The van der Waals surface area contributed by atoms with Gasteiger partial charge in [0.1, 0.15) is 17.5 Å². The van der Waals surface area contributed by atoms with Crippen molar-refractivity contribution in [3.63, 3.8) is 0 Å². The van der Waals surface area contributed by atoms with Crippen LogP contribution in [0.4, 0.5) is 5.69 Å². The maximum Gasteiger partial charge on any atom is 0.328 e. The zero-order valence-electron chi connectivity index (χ0n) is 9.69.